The molecule has 1 aromatic carbocycles. The fourth-order valence-corrected chi connectivity index (χ4v) is 5.60. The molecule has 2 fully saturated rings. The number of esters is 1. The fourth-order valence-electron chi connectivity index (χ4n) is 5.60. The van der Waals surface area contributed by atoms with Gasteiger partial charge in [0.2, 0.25) is 0 Å². The zero-order valence-electron chi connectivity index (χ0n) is 19.9. The number of benzene rings is 1. The van der Waals surface area contributed by atoms with Gasteiger partial charge in [-0.2, -0.15) is 13.2 Å². The summed E-state index contributed by atoms with van der Waals surface area (Å²) in [4.78, 5) is 12.6. The predicted molar refractivity (Wildman–Crippen MR) is 123 cm³/mol. The summed E-state index contributed by atoms with van der Waals surface area (Å²) >= 11 is 0. The molecule has 0 aliphatic heterocycles. The number of ether oxygens (including phenoxy) is 2. The SMILES string of the molecule is CCCCCC[C@H]1CC[C@H]([C@H]2CC[C@H](C(=O)Oc3ccc(OCC(F)(F)F)cc3)CC2)CC1. The summed E-state index contributed by atoms with van der Waals surface area (Å²) in [5, 5.41) is 0. The van der Waals surface area contributed by atoms with Gasteiger partial charge in [-0.25, -0.2) is 0 Å². The Hall–Kier alpha value is -1.72. The third-order valence-corrected chi connectivity index (χ3v) is 7.57. The Morgan fingerprint density at radius 3 is 2.00 bits per heavy atom. The van der Waals surface area contributed by atoms with Gasteiger partial charge >= 0.3 is 12.1 Å². The van der Waals surface area contributed by atoms with Crippen LogP contribution >= 0.6 is 0 Å². The lowest BCUT2D eigenvalue weighted by Gasteiger charge is -2.37. The maximum atomic E-state index is 12.6. The first-order chi connectivity index (χ1) is 15.8. The Morgan fingerprint density at radius 2 is 1.42 bits per heavy atom. The van der Waals surface area contributed by atoms with E-state index in [0.29, 0.717) is 5.75 Å². The average Bonchev–Trinajstić information content (AvgIpc) is 2.81. The zero-order chi connectivity index (χ0) is 23.7. The normalized spacial score (nSPS) is 26.1. The Morgan fingerprint density at radius 1 is 0.848 bits per heavy atom. The van der Waals surface area contributed by atoms with Crippen molar-refractivity contribution in [2.45, 2.75) is 96.6 Å². The maximum Gasteiger partial charge on any atom is 0.422 e. The van der Waals surface area contributed by atoms with E-state index < -0.39 is 12.8 Å². The Balaban J connectivity index is 1.35. The first-order valence-corrected chi connectivity index (χ1v) is 12.9. The molecule has 0 atom stereocenters. The minimum atomic E-state index is -4.38. The smallest absolute Gasteiger partial charge is 0.422 e. The van der Waals surface area contributed by atoms with Crippen LogP contribution in [-0.4, -0.2) is 18.8 Å². The van der Waals surface area contributed by atoms with Gasteiger partial charge in [0.05, 0.1) is 5.92 Å². The molecule has 2 aliphatic rings. The molecular weight excluding hydrogens is 429 g/mol. The molecule has 6 heteroatoms. The highest BCUT2D eigenvalue weighted by molar-refractivity contribution is 5.75. The second kappa shape index (κ2) is 12.7. The molecule has 3 nitrogen and oxygen atoms in total. The summed E-state index contributed by atoms with van der Waals surface area (Å²) in [5.74, 6) is 2.61. The molecule has 0 spiro atoms. The Bertz CT molecular complexity index is 700. The average molecular weight is 469 g/mol. The molecule has 0 saturated heterocycles. The van der Waals surface area contributed by atoms with Gasteiger partial charge < -0.3 is 9.47 Å². The molecule has 3 rings (SSSR count). The summed E-state index contributed by atoms with van der Waals surface area (Å²) in [6.07, 6.45) is 11.8. The summed E-state index contributed by atoms with van der Waals surface area (Å²) in [7, 11) is 0. The van der Waals surface area contributed by atoms with Gasteiger partial charge in [0.15, 0.2) is 6.61 Å². The molecule has 33 heavy (non-hydrogen) atoms. The fraction of sp³-hybridized carbons (Fsp3) is 0.741. The van der Waals surface area contributed by atoms with E-state index in [0.717, 1.165) is 43.4 Å². The zero-order valence-corrected chi connectivity index (χ0v) is 19.9. The predicted octanol–water partition coefficient (Wildman–Crippen LogP) is 8.12. The molecule has 2 saturated carbocycles. The van der Waals surface area contributed by atoms with Crippen molar-refractivity contribution in [3.8, 4) is 11.5 Å². The molecule has 186 valence electrons. The van der Waals surface area contributed by atoms with Gasteiger partial charge in [-0.15, -0.1) is 0 Å². The van der Waals surface area contributed by atoms with Gasteiger partial charge in [0, 0.05) is 0 Å². The van der Waals surface area contributed by atoms with Gasteiger partial charge in [-0.1, -0.05) is 51.9 Å². The van der Waals surface area contributed by atoms with Crippen molar-refractivity contribution < 1.29 is 27.4 Å². The van der Waals surface area contributed by atoms with Crippen LogP contribution in [0.2, 0.25) is 0 Å². The van der Waals surface area contributed by atoms with Gasteiger partial charge in [0.25, 0.3) is 0 Å². The number of unbranched alkanes of at least 4 members (excludes halogenated alkanes) is 3. The van der Waals surface area contributed by atoms with E-state index in [1.165, 1.54) is 82.1 Å². The van der Waals surface area contributed by atoms with E-state index in [9.17, 15) is 18.0 Å². The number of alkyl halides is 3. The van der Waals surface area contributed by atoms with Crippen LogP contribution < -0.4 is 9.47 Å². The van der Waals surface area contributed by atoms with Crippen molar-refractivity contribution in [1.82, 2.24) is 0 Å². The first kappa shape index (κ1) is 25.9. The minimum absolute atomic E-state index is 0.0858. The van der Waals surface area contributed by atoms with Crippen molar-refractivity contribution >= 4 is 5.97 Å². The standard InChI is InChI=1S/C27H39F3O3/c1-2-3-4-5-6-20-7-9-21(10-8-20)22-11-13-23(14-12-22)26(31)33-25-17-15-24(16-18-25)32-19-27(28,29)30/h15-18,20-23H,2-14,19H2,1H3/t20-,21-,22-,23-. The molecule has 0 heterocycles. The number of halogens is 3. The van der Waals surface area contributed by atoms with E-state index in [4.69, 9.17) is 4.74 Å². The molecular formula is C27H39F3O3. The second-order valence-electron chi connectivity index (χ2n) is 10.0. The molecule has 0 N–H and O–H groups in total. The second-order valence-corrected chi connectivity index (χ2v) is 10.0. The number of hydrogen-bond acceptors (Lipinski definition) is 3. The summed E-state index contributed by atoms with van der Waals surface area (Å²) in [6, 6.07) is 5.75. The van der Waals surface area contributed by atoms with Crippen molar-refractivity contribution in [1.29, 1.82) is 0 Å². The van der Waals surface area contributed by atoms with Crippen molar-refractivity contribution in [2.75, 3.05) is 6.61 Å². The van der Waals surface area contributed by atoms with Crippen LogP contribution in [0.3, 0.4) is 0 Å². The molecule has 1 aromatic rings. The maximum absolute atomic E-state index is 12.6. The molecule has 0 aromatic heterocycles. The Kier molecular flexibility index (Phi) is 9.94. The molecule has 0 bridgehead atoms. The number of hydrogen-bond donors (Lipinski definition) is 0. The summed E-state index contributed by atoms with van der Waals surface area (Å²) < 4.78 is 46.9. The monoisotopic (exact) mass is 468 g/mol. The largest absolute Gasteiger partial charge is 0.484 e. The lowest BCUT2D eigenvalue weighted by Crippen LogP contribution is -2.30. The number of carbonyl (C=O) groups is 1. The van der Waals surface area contributed by atoms with Gasteiger partial charge in [0.1, 0.15) is 11.5 Å². The first-order valence-electron chi connectivity index (χ1n) is 12.9. The summed E-state index contributed by atoms with van der Waals surface area (Å²) in [5.41, 5.74) is 0. The lowest BCUT2D eigenvalue weighted by molar-refractivity contribution is -0.153. The van der Waals surface area contributed by atoms with Crippen molar-refractivity contribution in [2.24, 2.45) is 23.7 Å². The van der Waals surface area contributed by atoms with Crippen LogP contribution in [0, 0.1) is 23.7 Å². The van der Waals surface area contributed by atoms with E-state index in [-0.39, 0.29) is 17.6 Å². The van der Waals surface area contributed by atoms with Crippen LogP contribution in [0.15, 0.2) is 24.3 Å². The van der Waals surface area contributed by atoms with Crippen LogP contribution in [-0.2, 0) is 4.79 Å². The molecule has 0 unspecified atom stereocenters. The van der Waals surface area contributed by atoms with E-state index in [1.54, 1.807) is 0 Å². The third-order valence-electron chi connectivity index (χ3n) is 7.57. The van der Waals surface area contributed by atoms with Crippen LogP contribution in [0.25, 0.3) is 0 Å². The minimum Gasteiger partial charge on any atom is -0.484 e. The summed E-state index contributed by atoms with van der Waals surface area (Å²) in [6.45, 7) is 0.924. The molecule has 2 aliphatic carbocycles. The van der Waals surface area contributed by atoms with Crippen LogP contribution in [0.4, 0.5) is 13.2 Å². The Labute approximate surface area is 196 Å². The van der Waals surface area contributed by atoms with Crippen LogP contribution in [0.1, 0.15) is 90.4 Å². The highest BCUT2D eigenvalue weighted by atomic mass is 19.4. The quantitative estimate of drug-likeness (QED) is 0.198. The van der Waals surface area contributed by atoms with Gasteiger partial charge in [-0.05, 0) is 80.5 Å². The van der Waals surface area contributed by atoms with Crippen molar-refractivity contribution in [3.63, 3.8) is 0 Å². The third kappa shape index (κ3) is 8.86. The van der Waals surface area contributed by atoms with E-state index >= 15 is 0 Å². The van der Waals surface area contributed by atoms with E-state index in [2.05, 4.69) is 11.7 Å². The van der Waals surface area contributed by atoms with E-state index in [1.807, 2.05) is 0 Å². The van der Waals surface area contributed by atoms with Gasteiger partial charge in [-0.3, -0.25) is 4.79 Å². The number of carbonyl (C=O) groups excluding carboxylic acids is 1. The molecule has 0 radical (unpaired) electrons. The highest BCUT2D eigenvalue weighted by Gasteiger charge is 2.33. The number of rotatable bonds is 10. The highest BCUT2D eigenvalue weighted by Crippen LogP contribution is 2.42. The van der Waals surface area contributed by atoms with Crippen molar-refractivity contribution in [3.05, 3.63) is 24.3 Å². The van der Waals surface area contributed by atoms with Crippen LogP contribution in [0.5, 0.6) is 11.5 Å². The molecule has 0 amide bonds. The topological polar surface area (TPSA) is 35.5 Å². The lowest BCUT2D eigenvalue weighted by atomic mass is 9.68.